The van der Waals surface area contributed by atoms with Gasteiger partial charge in [-0.15, -0.1) is 4.91 Å². The van der Waals surface area contributed by atoms with Crippen molar-refractivity contribution in [3.05, 3.63) is 4.91 Å². The Morgan fingerprint density at radius 3 is 0.579 bits per heavy atom. The largest absolute Gasteiger partial charge is 0.674 e. The van der Waals surface area contributed by atoms with E-state index in [4.69, 9.17) is 50.3 Å². The zero-order chi connectivity index (χ0) is 17.0. The van der Waals surface area contributed by atoms with Crippen LogP contribution in [0.15, 0.2) is 5.34 Å². The third kappa shape index (κ3) is 4380. The molecule has 114 valence electrons. The molecule has 0 fully saturated rings. The van der Waals surface area contributed by atoms with Crippen LogP contribution in [0.2, 0.25) is 0 Å². The van der Waals surface area contributed by atoms with E-state index in [-0.39, 0.29) is 0 Å². The van der Waals surface area contributed by atoms with Crippen LogP contribution in [0.25, 0.3) is 0 Å². The maximum Gasteiger partial charge on any atom is 0.674 e. The number of hydrogen-bond acceptors (Lipinski definition) is 10. The molecule has 9 N–H and O–H groups in total. The average molecular weight is 302 g/mol. The van der Waals surface area contributed by atoms with E-state index >= 15 is 0 Å². The van der Waals surface area contributed by atoms with E-state index in [0.29, 0.717) is 0 Å². The lowest BCUT2D eigenvalue weighted by Gasteiger charge is -1.65. The van der Waals surface area contributed by atoms with E-state index in [1.165, 1.54) is 5.34 Å². The van der Waals surface area contributed by atoms with Crippen molar-refractivity contribution in [2.45, 2.75) is 0 Å². The van der Waals surface area contributed by atoms with Crippen molar-refractivity contribution >= 4 is 29.6 Å². The Kier molecular flexibility index (Phi) is 49.1. The first-order valence-corrected chi connectivity index (χ1v) is 3.32. The lowest BCUT2D eigenvalue weighted by Crippen LogP contribution is -1.98. The van der Waals surface area contributed by atoms with Crippen LogP contribution in [0.4, 0.5) is 17.3 Å². The molecule has 0 bridgehead atoms. The van der Waals surface area contributed by atoms with Gasteiger partial charge in [0, 0.05) is 0 Å². The van der Waals surface area contributed by atoms with Crippen LogP contribution in [-0.4, -0.2) is 75.0 Å². The first-order valence-electron chi connectivity index (χ1n) is 3.32. The molecule has 19 heavy (non-hydrogen) atoms. The van der Waals surface area contributed by atoms with Gasteiger partial charge in [-0.05, 0) is 0 Å². The molecule has 0 aromatic rings. The zero-order valence-electron chi connectivity index (χ0n) is 8.70. The Hall–Kier alpha value is -0.940. The van der Waals surface area contributed by atoms with Crippen molar-refractivity contribution in [1.29, 1.82) is 0 Å². The summed E-state index contributed by atoms with van der Waals surface area (Å²) in [5.41, 5.74) is 0. The molecule has 0 radical (unpaired) electrons. The molecule has 0 saturated carbocycles. The van der Waals surface area contributed by atoms with Crippen LogP contribution < -0.4 is 0 Å². The average Bonchev–Trinajstić information content (AvgIpc) is 1.97. The highest BCUT2D eigenvalue weighted by atomic mass is 19.1. The molecule has 0 atom stereocenters. The predicted octanol–water partition coefficient (Wildman–Crippen LogP) is -4.16. The summed E-state index contributed by atoms with van der Waals surface area (Å²) in [7, 11) is -10.7. The van der Waals surface area contributed by atoms with E-state index in [9.17, 15) is 17.3 Å². The standard InChI is InChI=1S/4BFH2O2.HNO2/c4*2-1(3)4;2-1-3/h4*3-4H;(H,2,3). The normalized spacial score (nSPS) is 6.32. The van der Waals surface area contributed by atoms with Crippen molar-refractivity contribution in [3.63, 3.8) is 0 Å². The molecule has 0 aliphatic carbocycles. The quantitative estimate of drug-likeness (QED) is 0.0911. The third-order valence-electron chi connectivity index (χ3n) is 0. The van der Waals surface area contributed by atoms with Crippen molar-refractivity contribution in [3.8, 4) is 0 Å². The minimum atomic E-state index is -2.67. The SMILES string of the molecule is O=NO.OB(O)F.OB(O)F.OB(O)F.OB(O)F. The molecule has 0 aromatic heterocycles. The topological polar surface area (TPSA) is 211 Å². The van der Waals surface area contributed by atoms with Crippen LogP contribution in [0, 0.1) is 4.91 Å². The van der Waals surface area contributed by atoms with Crippen LogP contribution in [0.5, 0.6) is 0 Å². The van der Waals surface area contributed by atoms with Gasteiger partial charge in [0.05, 0.1) is 0 Å². The van der Waals surface area contributed by atoms with Gasteiger partial charge in [0.1, 0.15) is 0 Å². The summed E-state index contributed by atoms with van der Waals surface area (Å²) in [5, 5.41) is 63.4. The van der Waals surface area contributed by atoms with Crippen molar-refractivity contribution in [2.24, 2.45) is 5.34 Å². The van der Waals surface area contributed by atoms with Gasteiger partial charge in [0.25, 0.3) is 0 Å². The number of nitrogens with zero attached hydrogens (tertiary/aromatic N) is 1. The van der Waals surface area contributed by atoms with E-state index in [1.807, 2.05) is 0 Å². The molecular weight excluding hydrogens is 293 g/mol. The van der Waals surface area contributed by atoms with Crippen LogP contribution in [0.3, 0.4) is 0 Å². The molecule has 0 spiro atoms. The van der Waals surface area contributed by atoms with Crippen molar-refractivity contribution in [2.75, 3.05) is 0 Å². The Balaban J connectivity index is -0.0000000432. The minimum Gasteiger partial charge on any atom is -0.398 e. The lowest BCUT2D eigenvalue weighted by atomic mass is 10.3. The monoisotopic (exact) mass is 303 g/mol. The van der Waals surface area contributed by atoms with Gasteiger partial charge in [-0.1, -0.05) is 0 Å². The van der Waals surface area contributed by atoms with Crippen LogP contribution >= 0.6 is 0 Å². The summed E-state index contributed by atoms with van der Waals surface area (Å²) in [5.74, 6) is 0. The van der Waals surface area contributed by atoms with Crippen LogP contribution in [0.1, 0.15) is 0 Å². The summed E-state index contributed by atoms with van der Waals surface area (Å²) in [4.78, 5) is 8.11. The molecule has 0 rings (SSSR count). The molecule has 0 aliphatic rings. The highest BCUT2D eigenvalue weighted by Crippen LogP contribution is 1.58. The fraction of sp³-hybridized carbons (Fsp3) is 0. The lowest BCUT2D eigenvalue weighted by molar-refractivity contribution is 0.312. The van der Waals surface area contributed by atoms with Crippen molar-refractivity contribution in [1.82, 2.24) is 0 Å². The molecule has 11 nitrogen and oxygen atoms in total. The molecule has 19 heteroatoms. The maximum atomic E-state index is 10.1. The first kappa shape index (κ1) is 30.8. The second-order valence-electron chi connectivity index (χ2n) is 1.32. The summed E-state index contributed by atoms with van der Waals surface area (Å²) in [6.07, 6.45) is 0. The Labute approximate surface area is 104 Å². The summed E-state index contributed by atoms with van der Waals surface area (Å²) in [6.45, 7) is 0. The third-order valence-corrected chi connectivity index (χ3v) is 0. The van der Waals surface area contributed by atoms with E-state index in [1.54, 1.807) is 0 Å². The van der Waals surface area contributed by atoms with Gasteiger partial charge < -0.3 is 45.4 Å². The fourth-order valence-electron chi connectivity index (χ4n) is 0. The predicted molar refractivity (Wildman–Crippen MR) is 52.8 cm³/mol. The van der Waals surface area contributed by atoms with Crippen LogP contribution in [-0.2, 0) is 0 Å². The van der Waals surface area contributed by atoms with E-state index in [2.05, 4.69) is 0 Å². The number of halogens is 4. The summed E-state index contributed by atoms with van der Waals surface area (Å²) >= 11 is 0. The summed E-state index contributed by atoms with van der Waals surface area (Å²) in [6, 6.07) is 0. The molecule has 0 saturated heterocycles. The van der Waals surface area contributed by atoms with E-state index < -0.39 is 29.6 Å². The molecule has 0 aromatic carbocycles. The van der Waals surface area contributed by atoms with E-state index in [0.717, 1.165) is 0 Å². The molecule has 0 aliphatic heterocycles. The molecule has 0 unspecified atom stereocenters. The number of hydrogen-bond donors (Lipinski definition) is 9. The Morgan fingerprint density at radius 1 is 0.579 bits per heavy atom. The minimum absolute atomic E-state index is 1.25. The van der Waals surface area contributed by atoms with Gasteiger partial charge in [0.2, 0.25) is 0 Å². The van der Waals surface area contributed by atoms with Gasteiger partial charge in [-0.2, -0.15) is 0 Å². The molecular formula is H9B4F4NO10. The Morgan fingerprint density at radius 2 is 0.579 bits per heavy atom. The molecule has 0 amide bonds. The van der Waals surface area contributed by atoms with Crippen molar-refractivity contribution < 1.29 is 62.7 Å². The first-order chi connectivity index (χ1) is 8.34. The highest BCUT2D eigenvalue weighted by molar-refractivity contribution is 6.32. The van der Waals surface area contributed by atoms with Gasteiger partial charge in [-0.25, -0.2) is 0 Å². The second kappa shape index (κ2) is 30.3. The Bertz CT molecular complexity index is 104. The highest BCUT2D eigenvalue weighted by Gasteiger charge is 1.98. The summed E-state index contributed by atoms with van der Waals surface area (Å²) < 4.78 is 40.4. The van der Waals surface area contributed by atoms with Gasteiger partial charge in [0.15, 0.2) is 5.34 Å². The maximum absolute atomic E-state index is 10.1. The zero-order valence-corrected chi connectivity index (χ0v) is 8.70. The number of rotatable bonds is 0. The smallest absolute Gasteiger partial charge is 0.398 e. The molecule has 0 heterocycles. The second-order valence-corrected chi connectivity index (χ2v) is 1.32. The van der Waals surface area contributed by atoms with Gasteiger partial charge in [-0.3, -0.25) is 17.3 Å². The van der Waals surface area contributed by atoms with Gasteiger partial charge >= 0.3 is 29.6 Å². The fourth-order valence-corrected chi connectivity index (χ4v) is 0.